The number of esters is 1. The summed E-state index contributed by atoms with van der Waals surface area (Å²) in [5.41, 5.74) is 2.03. The third-order valence-corrected chi connectivity index (χ3v) is 4.02. The van der Waals surface area contributed by atoms with Gasteiger partial charge in [0, 0.05) is 6.92 Å². The van der Waals surface area contributed by atoms with E-state index < -0.39 is 11.6 Å². The Labute approximate surface area is 164 Å². The van der Waals surface area contributed by atoms with E-state index in [4.69, 9.17) is 18.6 Å². The molecule has 0 spiro atoms. The number of benzene rings is 1. The SMILES string of the molecule is COc1c(OC(C)=O)c(=O)oc2cccc(OC/C=C(\C)CCC=C(C)C)c12. The molecule has 6 heteroatoms. The molecule has 6 nitrogen and oxygen atoms in total. The van der Waals surface area contributed by atoms with Crippen molar-refractivity contribution in [2.75, 3.05) is 13.7 Å². The molecule has 0 aliphatic rings. The minimum absolute atomic E-state index is 0.112. The number of allylic oxidation sites excluding steroid dienone is 3. The van der Waals surface area contributed by atoms with Crippen LogP contribution in [0.4, 0.5) is 0 Å². The molecule has 0 atom stereocenters. The molecule has 1 aromatic heterocycles. The van der Waals surface area contributed by atoms with Crippen molar-refractivity contribution in [3.05, 3.63) is 51.9 Å². The molecule has 0 radical (unpaired) electrons. The van der Waals surface area contributed by atoms with Crippen molar-refractivity contribution < 1.29 is 23.4 Å². The lowest BCUT2D eigenvalue weighted by atomic mass is 10.1. The largest absolute Gasteiger partial charge is 0.492 e. The summed E-state index contributed by atoms with van der Waals surface area (Å²) in [6.45, 7) is 7.78. The average Bonchev–Trinajstić information content (AvgIpc) is 2.62. The fourth-order valence-electron chi connectivity index (χ4n) is 2.68. The predicted molar refractivity (Wildman–Crippen MR) is 108 cm³/mol. The topological polar surface area (TPSA) is 75.0 Å². The van der Waals surface area contributed by atoms with Gasteiger partial charge in [0.1, 0.15) is 23.3 Å². The molecule has 0 aliphatic carbocycles. The van der Waals surface area contributed by atoms with E-state index >= 15 is 0 Å². The van der Waals surface area contributed by atoms with Crippen molar-refractivity contribution in [2.24, 2.45) is 0 Å². The van der Waals surface area contributed by atoms with Gasteiger partial charge in [-0.1, -0.05) is 23.3 Å². The predicted octanol–water partition coefficient (Wildman–Crippen LogP) is 4.80. The van der Waals surface area contributed by atoms with E-state index in [1.54, 1.807) is 18.2 Å². The lowest BCUT2D eigenvalue weighted by Crippen LogP contribution is -2.13. The van der Waals surface area contributed by atoms with Gasteiger partial charge in [-0.3, -0.25) is 4.79 Å². The number of methoxy groups -OCH3 is 1. The van der Waals surface area contributed by atoms with E-state index in [1.807, 2.05) is 6.08 Å². The van der Waals surface area contributed by atoms with Crippen LogP contribution in [0.25, 0.3) is 11.0 Å². The summed E-state index contributed by atoms with van der Waals surface area (Å²) in [5, 5.41) is 0.441. The number of fused-ring (bicyclic) bond motifs is 1. The normalized spacial score (nSPS) is 11.2. The van der Waals surface area contributed by atoms with E-state index in [0.29, 0.717) is 23.3 Å². The second-order valence-corrected chi connectivity index (χ2v) is 6.66. The third kappa shape index (κ3) is 5.49. The highest BCUT2D eigenvalue weighted by Crippen LogP contribution is 2.38. The molecular weight excluding hydrogens is 360 g/mol. The molecule has 0 fully saturated rings. The Morgan fingerprint density at radius 2 is 1.86 bits per heavy atom. The first kappa shape index (κ1) is 21.3. The van der Waals surface area contributed by atoms with Crippen molar-refractivity contribution in [1.82, 2.24) is 0 Å². The van der Waals surface area contributed by atoms with Gasteiger partial charge in [0.2, 0.25) is 0 Å². The maximum Gasteiger partial charge on any atom is 0.383 e. The van der Waals surface area contributed by atoms with E-state index in [-0.39, 0.29) is 11.5 Å². The van der Waals surface area contributed by atoms with Gasteiger partial charge >= 0.3 is 11.6 Å². The summed E-state index contributed by atoms with van der Waals surface area (Å²) in [6, 6.07) is 5.09. The van der Waals surface area contributed by atoms with Crippen LogP contribution in [0, 0.1) is 0 Å². The fourth-order valence-corrected chi connectivity index (χ4v) is 2.68. The third-order valence-electron chi connectivity index (χ3n) is 4.02. The maximum atomic E-state index is 12.1. The Morgan fingerprint density at radius 3 is 2.50 bits per heavy atom. The molecule has 0 aliphatic heterocycles. The van der Waals surface area contributed by atoms with Gasteiger partial charge in [-0.15, -0.1) is 0 Å². The molecule has 0 bridgehead atoms. The van der Waals surface area contributed by atoms with Crippen LogP contribution in [0.3, 0.4) is 0 Å². The number of carbonyl (C=O) groups is 1. The zero-order valence-electron chi connectivity index (χ0n) is 17.0. The van der Waals surface area contributed by atoms with Gasteiger partial charge < -0.3 is 18.6 Å². The van der Waals surface area contributed by atoms with Crippen LogP contribution in [0.2, 0.25) is 0 Å². The smallest absolute Gasteiger partial charge is 0.383 e. The highest BCUT2D eigenvalue weighted by atomic mass is 16.6. The van der Waals surface area contributed by atoms with Crippen molar-refractivity contribution in [1.29, 1.82) is 0 Å². The minimum atomic E-state index is -0.785. The first-order valence-electron chi connectivity index (χ1n) is 9.07. The van der Waals surface area contributed by atoms with Gasteiger partial charge in [0.25, 0.3) is 5.75 Å². The number of ether oxygens (including phenoxy) is 3. The molecule has 1 aromatic carbocycles. The Morgan fingerprint density at radius 1 is 1.11 bits per heavy atom. The van der Waals surface area contributed by atoms with Crippen molar-refractivity contribution in [3.63, 3.8) is 0 Å². The summed E-state index contributed by atoms with van der Waals surface area (Å²) < 4.78 is 21.5. The summed E-state index contributed by atoms with van der Waals surface area (Å²) in [4.78, 5) is 23.5. The number of carbonyl (C=O) groups excluding carboxylic acids is 1. The first-order chi connectivity index (χ1) is 13.3. The van der Waals surface area contributed by atoms with Crippen molar-refractivity contribution in [3.8, 4) is 17.2 Å². The van der Waals surface area contributed by atoms with Crippen LogP contribution >= 0.6 is 0 Å². The summed E-state index contributed by atoms with van der Waals surface area (Å²) in [5.74, 6) is -0.341. The molecule has 150 valence electrons. The second-order valence-electron chi connectivity index (χ2n) is 6.66. The van der Waals surface area contributed by atoms with Gasteiger partial charge in [0.05, 0.1) is 7.11 Å². The average molecular weight is 386 g/mol. The molecule has 28 heavy (non-hydrogen) atoms. The van der Waals surface area contributed by atoms with Crippen LogP contribution in [-0.2, 0) is 4.79 Å². The molecule has 2 rings (SSSR count). The monoisotopic (exact) mass is 386 g/mol. The Hall–Kier alpha value is -3.02. The Balaban J connectivity index is 2.31. The standard InChI is InChI=1S/C22H26O6/c1-14(2)8-6-9-15(3)12-13-26-17-10-7-11-18-19(17)20(25-5)21(22(24)28-18)27-16(4)23/h7-8,10-12H,6,9,13H2,1-5H3/b15-12+. The summed E-state index contributed by atoms with van der Waals surface area (Å²) >= 11 is 0. The summed E-state index contributed by atoms with van der Waals surface area (Å²) in [6.07, 6.45) is 6.16. The van der Waals surface area contributed by atoms with Crippen LogP contribution in [0.15, 0.2) is 50.7 Å². The zero-order chi connectivity index (χ0) is 20.7. The van der Waals surface area contributed by atoms with Gasteiger partial charge in [-0.2, -0.15) is 0 Å². The van der Waals surface area contributed by atoms with Gasteiger partial charge in [0.15, 0.2) is 5.75 Å². The quantitative estimate of drug-likeness (QED) is 0.369. The molecular formula is C22H26O6. The molecule has 0 saturated carbocycles. The molecule has 0 saturated heterocycles. The fraction of sp³-hybridized carbons (Fsp3) is 0.364. The van der Waals surface area contributed by atoms with Crippen LogP contribution in [0.5, 0.6) is 17.2 Å². The Bertz CT molecular complexity index is 961. The van der Waals surface area contributed by atoms with Crippen LogP contribution in [0.1, 0.15) is 40.5 Å². The van der Waals surface area contributed by atoms with E-state index in [1.165, 1.54) is 25.2 Å². The molecule has 2 aromatic rings. The number of hydrogen-bond acceptors (Lipinski definition) is 6. The van der Waals surface area contributed by atoms with E-state index in [0.717, 1.165) is 12.8 Å². The van der Waals surface area contributed by atoms with Crippen molar-refractivity contribution >= 4 is 16.9 Å². The zero-order valence-corrected chi connectivity index (χ0v) is 17.0. The maximum absolute atomic E-state index is 12.1. The van der Waals surface area contributed by atoms with Crippen LogP contribution in [-0.4, -0.2) is 19.7 Å². The molecule has 0 unspecified atom stereocenters. The Kier molecular flexibility index (Phi) is 7.44. The van der Waals surface area contributed by atoms with Gasteiger partial charge in [-0.05, 0) is 51.8 Å². The highest BCUT2D eigenvalue weighted by molar-refractivity contribution is 5.92. The number of rotatable bonds is 8. The van der Waals surface area contributed by atoms with Crippen LogP contribution < -0.4 is 19.8 Å². The van der Waals surface area contributed by atoms with Crippen molar-refractivity contribution in [2.45, 2.75) is 40.5 Å². The van der Waals surface area contributed by atoms with Gasteiger partial charge in [-0.25, -0.2) is 4.79 Å². The molecule has 0 amide bonds. The van der Waals surface area contributed by atoms with E-state index in [9.17, 15) is 9.59 Å². The molecule has 1 heterocycles. The minimum Gasteiger partial charge on any atom is -0.492 e. The lowest BCUT2D eigenvalue weighted by Gasteiger charge is -2.13. The van der Waals surface area contributed by atoms with E-state index in [2.05, 4.69) is 26.8 Å². The molecule has 0 N–H and O–H groups in total. The second kappa shape index (κ2) is 9.78. The lowest BCUT2D eigenvalue weighted by molar-refractivity contribution is -0.132. The number of hydrogen-bond donors (Lipinski definition) is 0. The summed E-state index contributed by atoms with van der Waals surface area (Å²) in [7, 11) is 1.39. The first-order valence-corrected chi connectivity index (χ1v) is 9.07. The highest BCUT2D eigenvalue weighted by Gasteiger charge is 2.21.